The van der Waals surface area contributed by atoms with Crippen molar-refractivity contribution < 1.29 is 14.3 Å². The van der Waals surface area contributed by atoms with Crippen LogP contribution < -0.4 is 4.74 Å². The monoisotopic (exact) mass is 263 g/mol. The highest BCUT2D eigenvalue weighted by molar-refractivity contribution is 5.71. The van der Waals surface area contributed by atoms with Gasteiger partial charge in [0.2, 0.25) is 0 Å². The molecule has 0 saturated heterocycles. The van der Waals surface area contributed by atoms with Crippen LogP contribution in [0.2, 0.25) is 0 Å². The molecule has 4 heteroatoms. The largest absolute Gasteiger partial charge is 0.497 e. The molecular weight excluding hydrogens is 242 g/mol. The van der Waals surface area contributed by atoms with Crippen LogP contribution in [0.25, 0.3) is 0 Å². The quantitative estimate of drug-likeness (QED) is 0.532. The maximum absolute atomic E-state index is 11.5. The van der Waals surface area contributed by atoms with Crippen LogP contribution >= 0.6 is 0 Å². The van der Waals surface area contributed by atoms with E-state index in [9.17, 15) is 4.79 Å². The first-order valence-corrected chi connectivity index (χ1v) is 6.31. The number of methoxy groups -OCH3 is 1. The second kappa shape index (κ2) is 8.32. The molecule has 0 aliphatic carbocycles. The lowest BCUT2D eigenvalue weighted by Crippen LogP contribution is -2.30. The smallest absolute Gasteiger partial charge is 0.320 e. The van der Waals surface area contributed by atoms with Crippen molar-refractivity contribution in [3.8, 4) is 5.75 Å². The molecule has 0 saturated carbocycles. The van der Waals surface area contributed by atoms with Crippen molar-refractivity contribution in [2.75, 3.05) is 26.8 Å². The van der Waals surface area contributed by atoms with Crippen molar-refractivity contribution in [2.45, 2.75) is 13.5 Å². The Balaban J connectivity index is 2.60. The van der Waals surface area contributed by atoms with E-state index in [0.717, 1.165) is 11.3 Å². The zero-order chi connectivity index (χ0) is 14.1. The van der Waals surface area contributed by atoms with E-state index in [4.69, 9.17) is 9.47 Å². The maximum Gasteiger partial charge on any atom is 0.320 e. The fourth-order valence-corrected chi connectivity index (χ4v) is 1.75. The van der Waals surface area contributed by atoms with Crippen LogP contribution in [0, 0.1) is 0 Å². The molecule has 19 heavy (non-hydrogen) atoms. The summed E-state index contributed by atoms with van der Waals surface area (Å²) in [6.07, 6.45) is 1.78. The van der Waals surface area contributed by atoms with E-state index in [1.54, 1.807) is 20.1 Å². The van der Waals surface area contributed by atoms with E-state index in [2.05, 4.69) is 6.58 Å². The van der Waals surface area contributed by atoms with Crippen LogP contribution in [0.5, 0.6) is 5.75 Å². The van der Waals surface area contributed by atoms with Gasteiger partial charge in [0.15, 0.2) is 0 Å². The standard InChI is InChI=1S/C15H21NO3/c1-4-10-16(12-15(17)19-5-2)11-13-6-8-14(18-3)9-7-13/h4,6-9H,1,5,10-12H2,2-3H3. The third kappa shape index (κ3) is 5.57. The molecule has 0 fully saturated rings. The third-order valence-corrected chi connectivity index (χ3v) is 2.61. The summed E-state index contributed by atoms with van der Waals surface area (Å²) in [5, 5.41) is 0. The van der Waals surface area contributed by atoms with Crippen LogP contribution in [0.4, 0.5) is 0 Å². The lowest BCUT2D eigenvalue weighted by molar-refractivity contribution is -0.144. The van der Waals surface area contributed by atoms with Crippen LogP contribution in [-0.4, -0.2) is 37.7 Å². The average Bonchev–Trinajstić information content (AvgIpc) is 2.40. The number of rotatable bonds is 8. The summed E-state index contributed by atoms with van der Waals surface area (Å²) < 4.78 is 10.1. The highest BCUT2D eigenvalue weighted by atomic mass is 16.5. The maximum atomic E-state index is 11.5. The Bertz CT molecular complexity index is 400. The van der Waals surface area contributed by atoms with Gasteiger partial charge in [-0.25, -0.2) is 0 Å². The molecule has 0 aliphatic heterocycles. The molecule has 0 spiro atoms. The van der Waals surface area contributed by atoms with Gasteiger partial charge >= 0.3 is 5.97 Å². The van der Waals surface area contributed by atoms with Gasteiger partial charge in [-0.1, -0.05) is 18.2 Å². The number of hydrogen-bond acceptors (Lipinski definition) is 4. The molecule has 0 bridgehead atoms. The van der Waals surface area contributed by atoms with Crippen LogP contribution in [0.15, 0.2) is 36.9 Å². The lowest BCUT2D eigenvalue weighted by atomic mass is 10.2. The summed E-state index contributed by atoms with van der Waals surface area (Å²) in [5.74, 6) is 0.613. The number of benzene rings is 1. The van der Waals surface area contributed by atoms with Gasteiger partial charge in [0.1, 0.15) is 5.75 Å². The van der Waals surface area contributed by atoms with Gasteiger partial charge < -0.3 is 9.47 Å². The molecule has 0 amide bonds. The molecule has 0 radical (unpaired) electrons. The summed E-state index contributed by atoms with van der Waals surface area (Å²) >= 11 is 0. The molecule has 0 N–H and O–H groups in total. The van der Waals surface area contributed by atoms with Crippen LogP contribution in [-0.2, 0) is 16.1 Å². The highest BCUT2D eigenvalue weighted by Gasteiger charge is 2.10. The number of hydrogen-bond donors (Lipinski definition) is 0. The first-order chi connectivity index (χ1) is 9.19. The van der Waals surface area contributed by atoms with Crippen molar-refractivity contribution in [3.63, 3.8) is 0 Å². The van der Waals surface area contributed by atoms with Crippen molar-refractivity contribution in [3.05, 3.63) is 42.5 Å². The molecule has 0 atom stereocenters. The van der Waals surface area contributed by atoms with Crippen LogP contribution in [0.1, 0.15) is 12.5 Å². The molecule has 0 aromatic heterocycles. The van der Waals surface area contributed by atoms with Gasteiger partial charge in [-0.2, -0.15) is 0 Å². The molecule has 0 heterocycles. The van der Waals surface area contributed by atoms with Gasteiger partial charge in [0, 0.05) is 13.1 Å². The topological polar surface area (TPSA) is 38.8 Å². The molecule has 1 rings (SSSR count). The van der Waals surface area contributed by atoms with E-state index < -0.39 is 0 Å². The number of nitrogens with zero attached hydrogens (tertiary/aromatic N) is 1. The normalized spacial score (nSPS) is 10.3. The summed E-state index contributed by atoms with van der Waals surface area (Å²) in [4.78, 5) is 13.5. The van der Waals surface area contributed by atoms with E-state index in [-0.39, 0.29) is 12.5 Å². The lowest BCUT2D eigenvalue weighted by Gasteiger charge is -2.19. The molecule has 104 valence electrons. The van der Waals surface area contributed by atoms with Gasteiger partial charge in [0.05, 0.1) is 20.3 Å². The number of carbonyl (C=O) groups is 1. The Morgan fingerprint density at radius 3 is 2.58 bits per heavy atom. The Morgan fingerprint density at radius 1 is 1.37 bits per heavy atom. The van der Waals surface area contributed by atoms with E-state index >= 15 is 0 Å². The molecular formula is C15H21NO3. The van der Waals surface area contributed by atoms with Crippen molar-refractivity contribution >= 4 is 5.97 Å². The van der Waals surface area contributed by atoms with E-state index in [0.29, 0.717) is 19.7 Å². The zero-order valence-corrected chi connectivity index (χ0v) is 11.6. The summed E-state index contributed by atoms with van der Waals surface area (Å²) in [5.41, 5.74) is 1.12. The Morgan fingerprint density at radius 2 is 2.05 bits per heavy atom. The molecule has 0 aliphatic rings. The first kappa shape index (κ1) is 15.2. The van der Waals surface area contributed by atoms with Gasteiger partial charge in [-0.3, -0.25) is 9.69 Å². The molecule has 0 unspecified atom stereocenters. The zero-order valence-electron chi connectivity index (χ0n) is 11.6. The predicted molar refractivity (Wildman–Crippen MR) is 75.1 cm³/mol. The minimum absolute atomic E-state index is 0.210. The SMILES string of the molecule is C=CCN(CC(=O)OCC)Cc1ccc(OC)cc1. The Kier molecular flexibility index (Phi) is 6.68. The number of esters is 1. The molecule has 4 nitrogen and oxygen atoms in total. The summed E-state index contributed by atoms with van der Waals surface area (Å²) in [7, 11) is 1.64. The second-order valence-electron chi connectivity index (χ2n) is 4.11. The minimum atomic E-state index is -0.210. The second-order valence-corrected chi connectivity index (χ2v) is 4.11. The fraction of sp³-hybridized carbons (Fsp3) is 0.400. The van der Waals surface area contributed by atoms with Crippen LogP contribution in [0.3, 0.4) is 0 Å². The Hall–Kier alpha value is -1.81. The van der Waals surface area contributed by atoms with Gasteiger partial charge in [-0.05, 0) is 24.6 Å². The average molecular weight is 263 g/mol. The van der Waals surface area contributed by atoms with E-state index in [1.165, 1.54) is 0 Å². The fourth-order valence-electron chi connectivity index (χ4n) is 1.75. The summed E-state index contributed by atoms with van der Waals surface area (Å²) in [6, 6.07) is 7.79. The van der Waals surface area contributed by atoms with Crippen molar-refractivity contribution in [2.24, 2.45) is 0 Å². The molecule has 1 aromatic rings. The van der Waals surface area contributed by atoms with Crippen molar-refractivity contribution in [1.29, 1.82) is 0 Å². The number of ether oxygens (including phenoxy) is 2. The van der Waals surface area contributed by atoms with Gasteiger partial charge in [0.25, 0.3) is 0 Å². The van der Waals surface area contributed by atoms with Crippen molar-refractivity contribution in [1.82, 2.24) is 4.90 Å². The molecule has 1 aromatic carbocycles. The van der Waals surface area contributed by atoms with E-state index in [1.807, 2.05) is 29.2 Å². The third-order valence-electron chi connectivity index (χ3n) is 2.61. The minimum Gasteiger partial charge on any atom is -0.497 e. The number of carbonyl (C=O) groups excluding carboxylic acids is 1. The summed E-state index contributed by atoms with van der Waals surface area (Å²) in [6.45, 7) is 7.51. The Labute approximate surface area is 114 Å². The first-order valence-electron chi connectivity index (χ1n) is 6.31. The highest BCUT2D eigenvalue weighted by Crippen LogP contribution is 2.13. The van der Waals surface area contributed by atoms with Gasteiger partial charge in [-0.15, -0.1) is 6.58 Å². The predicted octanol–water partition coefficient (Wildman–Crippen LogP) is 2.25.